The summed E-state index contributed by atoms with van der Waals surface area (Å²) in [5.41, 5.74) is 0. The van der Waals surface area contributed by atoms with Crippen molar-refractivity contribution in [3.8, 4) is 0 Å². The minimum Gasteiger partial charge on any atom is -0.466 e. The largest absolute Gasteiger partial charge is 0.466 e. The van der Waals surface area contributed by atoms with Crippen LogP contribution in [0, 0.1) is 11.8 Å². The molecular weight excluding hydrogens is 380 g/mol. The lowest BCUT2D eigenvalue weighted by atomic mass is 10.0. The molecule has 0 aromatic rings. The molecule has 0 unspecified atom stereocenters. The Hall–Kier alpha value is -0.530. The summed E-state index contributed by atoms with van der Waals surface area (Å²) < 4.78 is 5.39. The molecule has 0 radical (unpaired) electrons. The smallest absolute Gasteiger partial charge is 0.305 e. The molecule has 2 nitrogen and oxygen atoms in total. The van der Waals surface area contributed by atoms with Crippen molar-refractivity contribution in [2.75, 3.05) is 6.61 Å². The molecule has 0 aromatic heterocycles. The second-order valence-electron chi connectivity index (χ2n) is 10.7. The highest BCUT2D eigenvalue weighted by Gasteiger charge is 2.03. The van der Waals surface area contributed by atoms with Crippen molar-refractivity contribution in [2.45, 2.75) is 163 Å². The van der Waals surface area contributed by atoms with Crippen LogP contribution >= 0.6 is 0 Å². The fourth-order valence-electron chi connectivity index (χ4n) is 4.21. The molecule has 0 aliphatic heterocycles. The van der Waals surface area contributed by atoms with Crippen LogP contribution in [0.15, 0.2) is 0 Å². The van der Waals surface area contributed by atoms with Crippen molar-refractivity contribution in [1.29, 1.82) is 0 Å². The number of carbonyl (C=O) groups is 1. The highest BCUT2D eigenvalue weighted by atomic mass is 16.5. The minimum atomic E-state index is 0.0200. The lowest BCUT2D eigenvalue weighted by Crippen LogP contribution is -2.05. The van der Waals surface area contributed by atoms with E-state index in [1.54, 1.807) is 0 Å². The molecule has 0 fully saturated rings. The first-order chi connectivity index (χ1) is 15.0. The number of hydrogen-bond donors (Lipinski definition) is 0. The van der Waals surface area contributed by atoms with Crippen molar-refractivity contribution in [2.24, 2.45) is 11.8 Å². The summed E-state index contributed by atoms with van der Waals surface area (Å²) in [6.07, 6.45) is 27.0. The quantitative estimate of drug-likeness (QED) is 0.111. The predicted octanol–water partition coefficient (Wildman–Crippen LogP) is 10.0. The van der Waals surface area contributed by atoms with Crippen LogP contribution < -0.4 is 0 Å². The zero-order chi connectivity index (χ0) is 23.0. The maximum atomic E-state index is 11.8. The zero-order valence-corrected chi connectivity index (χ0v) is 22.0. The molecule has 0 rings (SSSR count). The SMILES string of the molecule is CC(C)CCCCCCCCCCCOC(=O)CCCCCCCCCCCC(C)C. The van der Waals surface area contributed by atoms with Gasteiger partial charge in [0.15, 0.2) is 0 Å². The lowest BCUT2D eigenvalue weighted by Gasteiger charge is -2.06. The fraction of sp³-hybridized carbons (Fsp3) is 0.966. The lowest BCUT2D eigenvalue weighted by molar-refractivity contribution is -0.143. The summed E-state index contributed by atoms with van der Waals surface area (Å²) in [5.74, 6) is 1.74. The topological polar surface area (TPSA) is 26.3 Å². The van der Waals surface area contributed by atoms with Gasteiger partial charge in [0.25, 0.3) is 0 Å². The van der Waals surface area contributed by atoms with Gasteiger partial charge in [0.1, 0.15) is 0 Å². The molecular formula is C29H58O2. The van der Waals surface area contributed by atoms with Gasteiger partial charge in [-0.05, 0) is 24.7 Å². The van der Waals surface area contributed by atoms with E-state index in [1.807, 2.05) is 0 Å². The molecule has 0 aliphatic carbocycles. The number of esters is 1. The molecule has 0 bridgehead atoms. The van der Waals surface area contributed by atoms with Crippen LogP contribution in [0.25, 0.3) is 0 Å². The first-order valence-electron chi connectivity index (χ1n) is 14.2. The van der Waals surface area contributed by atoms with Gasteiger partial charge in [0.05, 0.1) is 6.61 Å². The summed E-state index contributed by atoms with van der Waals surface area (Å²) in [4.78, 5) is 11.8. The van der Waals surface area contributed by atoms with Gasteiger partial charge in [-0.3, -0.25) is 4.79 Å². The Kier molecular flexibility index (Phi) is 23.7. The van der Waals surface area contributed by atoms with Crippen molar-refractivity contribution in [3.63, 3.8) is 0 Å². The van der Waals surface area contributed by atoms with Crippen molar-refractivity contribution < 1.29 is 9.53 Å². The second-order valence-corrected chi connectivity index (χ2v) is 10.7. The molecule has 0 atom stereocenters. The standard InChI is InChI=1S/C29H58O2/c1-27(2)23-19-15-11-7-5-9-13-17-21-25-29(30)31-26-22-18-14-10-6-8-12-16-20-24-28(3)4/h27-28H,5-26H2,1-4H3. The summed E-state index contributed by atoms with van der Waals surface area (Å²) in [7, 11) is 0. The van der Waals surface area contributed by atoms with E-state index in [0.29, 0.717) is 13.0 Å². The molecule has 0 heterocycles. The van der Waals surface area contributed by atoms with Gasteiger partial charge in [-0.2, -0.15) is 0 Å². The molecule has 0 aliphatic rings. The summed E-state index contributed by atoms with van der Waals surface area (Å²) in [6.45, 7) is 9.89. The van der Waals surface area contributed by atoms with E-state index in [-0.39, 0.29) is 5.97 Å². The molecule has 31 heavy (non-hydrogen) atoms. The van der Waals surface area contributed by atoms with E-state index in [0.717, 1.165) is 24.7 Å². The predicted molar refractivity (Wildman–Crippen MR) is 138 cm³/mol. The number of unbranched alkanes of at least 4 members (excludes halogenated alkanes) is 16. The van der Waals surface area contributed by atoms with Crippen LogP contribution in [0.1, 0.15) is 163 Å². The van der Waals surface area contributed by atoms with Crippen molar-refractivity contribution in [3.05, 3.63) is 0 Å². The maximum Gasteiger partial charge on any atom is 0.305 e. The van der Waals surface area contributed by atoms with Crippen LogP contribution in [0.2, 0.25) is 0 Å². The average Bonchev–Trinajstić information content (AvgIpc) is 2.72. The average molecular weight is 439 g/mol. The number of carbonyl (C=O) groups excluding carboxylic acids is 1. The van der Waals surface area contributed by atoms with Gasteiger partial charge in [0.2, 0.25) is 0 Å². The van der Waals surface area contributed by atoms with Gasteiger partial charge >= 0.3 is 5.97 Å². The summed E-state index contributed by atoms with van der Waals surface area (Å²) in [5, 5.41) is 0. The molecule has 0 aromatic carbocycles. The Balaban J connectivity index is 3.17. The fourth-order valence-corrected chi connectivity index (χ4v) is 4.21. The first-order valence-corrected chi connectivity index (χ1v) is 14.2. The molecule has 0 N–H and O–H groups in total. The second kappa shape index (κ2) is 24.1. The normalized spacial score (nSPS) is 11.5. The molecule has 0 spiro atoms. The number of ether oxygens (including phenoxy) is 1. The molecule has 186 valence electrons. The summed E-state index contributed by atoms with van der Waals surface area (Å²) >= 11 is 0. The van der Waals surface area contributed by atoms with Crippen molar-refractivity contribution in [1.82, 2.24) is 0 Å². The third-order valence-electron chi connectivity index (χ3n) is 6.35. The minimum absolute atomic E-state index is 0.0200. The first kappa shape index (κ1) is 30.5. The zero-order valence-electron chi connectivity index (χ0n) is 22.0. The van der Waals surface area contributed by atoms with E-state index in [1.165, 1.54) is 116 Å². The van der Waals surface area contributed by atoms with Crippen LogP contribution in [-0.2, 0) is 9.53 Å². The highest BCUT2D eigenvalue weighted by Crippen LogP contribution is 2.14. The van der Waals surface area contributed by atoms with Gasteiger partial charge in [-0.1, -0.05) is 143 Å². The van der Waals surface area contributed by atoms with Crippen LogP contribution in [-0.4, -0.2) is 12.6 Å². The molecule has 2 heteroatoms. The van der Waals surface area contributed by atoms with E-state index in [2.05, 4.69) is 27.7 Å². The van der Waals surface area contributed by atoms with Gasteiger partial charge in [-0.15, -0.1) is 0 Å². The number of rotatable bonds is 24. The Morgan fingerprint density at radius 3 is 1.19 bits per heavy atom. The third kappa shape index (κ3) is 27.4. The summed E-state index contributed by atoms with van der Waals surface area (Å²) in [6, 6.07) is 0. The molecule has 0 saturated heterocycles. The maximum absolute atomic E-state index is 11.8. The van der Waals surface area contributed by atoms with Gasteiger partial charge in [-0.25, -0.2) is 0 Å². The van der Waals surface area contributed by atoms with Crippen LogP contribution in [0.3, 0.4) is 0 Å². The Labute approximate surface area is 196 Å². The monoisotopic (exact) mass is 438 g/mol. The van der Waals surface area contributed by atoms with E-state index < -0.39 is 0 Å². The highest BCUT2D eigenvalue weighted by molar-refractivity contribution is 5.69. The Morgan fingerprint density at radius 2 is 0.806 bits per heavy atom. The van der Waals surface area contributed by atoms with Crippen LogP contribution in [0.4, 0.5) is 0 Å². The third-order valence-corrected chi connectivity index (χ3v) is 6.35. The molecule has 0 amide bonds. The van der Waals surface area contributed by atoms with E-state index in [9.17, 15) is 4.79 Å². The number of hydrogen-bond acceptors (Lipinski definition) is 2. The van der Waals surface area contributed by atoms with E-state index in [4.69, 9.17) is 4.74 Å². The van der Waals surface area contributed by atoms with E-state index >= 15 is 0 Å². The van der Waals surface area contributed by atoms with Crippen LogP contribution in [0.5, 0.6) is 0 Å². The van der Waals surface area contributed by atoms with Crippen molar-refractivity contribution >= 4 is 5.97 Å². The van der Waals surface area contributed by atoms with Gasteiger partial charge < -0.3 is 4.74 Å². The molecule has 0 saturated carbocycles. The Morgan fingerprint density at radius 1 is 0.484 bits per heavy atom. The Bertz CT molecular complexity index is 362. The van der Waals surface area contributed by atoms with Gasteiger partial charge in [0, 0.05) is 6.42 Å².